The second kappa shape index (κ2) is 2.89. The Morgan fingerprint density at radius 3 is 3.31 bits per heavy atom. The van der Waals surface area contributed by atoms with Crippen LogP contribution < -0.4 is 0 Å². The molecule has 0 saturated heterocycles. The Bertz CT molecular complexity index is 367. The van der Waals surface area contributed by atoms with Crippen LogP contribution in [0.25, 0.3) is 0 Å². The quantitative estimate of drug-likeness (QED) is 0.705. The molecule has 0 bridgehead atoms. The van der Waals surface area contributed by atoms with Crippen molar-refractivity contribution in [3.63, 3.8) is 0 Å². The summed E-state index contributed by atoms with van der Waals surface area (Å²) in [5, 5.41) is 5.35. The van der Waals surface area contributed by atoms with E-state index in [1.807, 2.05) is 0 Å². The Kier molecular flexibility index (Phi) is 1.70. The van der Waals surface area contributed by atoms with Crippen molar-refractivity contribution in [3.8, 4) is 0 Å². The molecule has 1 aromatic rings. The van der Waals surface area contributed by atoms with Crippen LogP contribution in [0.3, 0.4) is 0 Å². The predicted octanol–water partition coefficient (Wildman–Crippen LogP) is 2.68. The van der Waals surface area contributed by atoms with Crippen molar-refractivity contribution < 1.29 is 0 Å². The zero-order valence-corrected chi connectivity index (χ0v) is 8.52. The maximum Gasteiger partial charge on any atom is 0.168 e. The molecular weight excluding hydrogens is 200 g/mol. The van der Waals surface area contributed by atoms with E-state index < -0.39 is 0 Å². The van der Waals surface area contributed by atoms with Crippen LogP contribution in [0.1, 0.15) is 10.9 Å². The lowest BCUT2D eigenvalue weighted by Gasteiger charge is -2.08. The summed E-state index contributed by atoms with van der Waals surface area (Å²) in [6.45, 7) is 1.01. The molecule has 0 saturated carbocycles. The normalized spacial score (nSPS) is 25.1. The molecule has 1 atom stereocenters. The van der Waals surface area contributed by atoms with E-state index in [2.05, 4.69) is 39.0 Å². The van der Waals surface area contributed by atoms with Gasteiger partial charge in [-0.1, -0.05) is 17.8 Å². The summed E-state index contributed by atoms with van der Waals surface area (Å²) in [6, 6.07) is 4.62. The summed E-state index contributed by atoms with van der Waals surface area (Å²) < 4.78 is 0. The second-order valence-corrected chi connectivity index (χ2v) is 4.85. The molecule has 0 fully saturated rings. The van der Waals surface area contributed by atoms with Crippen molar-refractivity contribution in [2.75, 3.05) is 6.54 Å². The number of hydrogen-bond donors (Lipinski definition) is 0. The average Bonchev–Trinajstić information content (AvgIpc) is 2.78. The lowest BCUT2D eigenvalue weighted by atomic mass is 10.2. The van der Waals surface area contributed by atoms with E-state index in [1.165, 1.54) is 4.88 Å². The molecule has 1 aromatic heterocycles. The number of aliphatic imine (C=N–C) groups is 1. The number of rotatable bonds is 1. The van der Waals surface area contributed by atoms with E-state index >= 15 is 0 Å². The van der Waals surface area contributed by atoms with Crippen LogP contribution in [-0.4, -0.2) is 16.6 Å². The third-order valence-corrected chi connectivity index (χ3v) is 3.95. The molecule has 4 heteroatoms. The van der Waals surface area contributed by atoms with Gasteiger partial charge in [-0.05, 0) is 16.9 Å². The van der Waals surface area contributed by atoms with Gasteiger partial charge in [0.15, 0.2) is 5.17 Å². The summed E-state index contributed by atoms with van der Waals surface area (Å²) in [5.41, 5.74) is 0. The summed E-state index contributed by atoms with van der Waals surface area (Å²) in [7, 11) is 0. The summed E-state index contributed by atoms with van der Waals surface area (Å²) in [5.74, 6) is 0. The third kappa shape index (κ3) is 1.21. The Morgan fingerprint density at radius 2 is 2.54 bits per heavy atom. The van der Waals surface area contributed by atoms with Gasteiger partial charge in [-0.2, -0.15) is 0 Å². The number of hydrogen-bond acceptors (Lipinski definition) is 4. The third-order valence-electron chi connectivity index (χ3n) is 2.17. The fraction of sp³-hybridized carbons (Fsp3) is 0.222. The van der Waals surface area contributed by atoms with Crippen LogP contribution in [-0.2, 0) is 0 Å². The van der Waals surface area contributed by atoms with Gasteiger partial charge < -0.3 is 4.90 Å². The topological polar surface area (TPSA) is 15.6 Å². The fourth-order valence-electron chi connectivity index (χ4n) is 1.53. The molecule has 13 heavy (non-hydrogen) atoms. The molecule has 2 aliphatic heterocycles. The van der Waals surface area contributed by atoms with Crippen molar-refractivity contribution in [1.82, 2.24) is 4.90 Å². The molecule has 0 amide bonds. The first-order valence-electron chi connectivity index (χ1n) is 4.15. The maximum absolute atomic E-state index is 4.65. The second-order valence-electron chi connectivity index (χ2n) is 3.00. The fourth-order valence-corrected chi connectivity index (χ4v) is 3.08. The van der Waals surface area contributed by atoms with Gasteiger partial charge in [-0.15, -0.1) is 11.3 Å². The van der Waals surface area contributed by atoms with Crippen LogP contribution >= 0.6 is 23.1 Å². The first-order valence-corrected chi connectivity index (χ1v) is 5.90. The smallest absolute Gasteiger partial charge is 0.168 e. The van der Waals surface area contributed by atoms with Crippen LogP contribution in [0.4, 0.5) is 0 Å². The first-order chi connectivity index (χ1) is 6.43. The van der Waals surface area contributed by atoms with Gasteiger partial charge in [-0.25, -0.2) is 0 Å². The molecular formula is C9H8N2S2. The SMILES string of the molecule is C1=CN2CC(c3cccs3)N=C2S1. The molecule has 0 aromatic carbocycles. The zero-order valence-electron chi connectivity index (χ0n) is 6.88. The van der Waals surface area contributed by atoms with Crippen LogP contribution in [0.5, 0.6) is 0 Å². The molecule has 3 heterocycles. The van der Waals surface area contributed by atoms with E-state index in [1.54, 1.807) is 23.1 Å². The van der Waals surface area contributed by atoms with Crippen LogP contribution in [0, 0.1) is 0 Å². The Morgan fingerprint density at radius 1 is 1.54 bits per heavy atom. The molecule has 2 aliphatic rings. The monoisotopic (exact) mass is 208 g/mol. The van der Waals surface area contributed by atoms with Crippen molar-refractivity contribution in [2.45, 2.75) is 6.04 Å². The Hall–Kier alpha value is -0.740. The average molecular weight is 208 g/mol. The Balaban J connectivity index is 1.88. The van der Waals surface area contributed by atoms with Gasteiger partial charge in [-0.3, -0.25) is 4.99 Å². The van der Waals surface area contributed by atoms with Gasteiger partial charge in [0.2, 0.25) is 0 Å². The van der Waals surface area contributed by atoms with E-state index in [0.717, 1.165) is 11.7 Å². The first kappa shape index (κ1) is 7.64. The van der Waals surface area contributed by atoms with Crippen molar-refractivity contribution in [2.24, 2.45) is 4.99 Å². The molecule has 1 unspecified atom stereocenters. The largest absolute Gasteiger partial charge is 0.325 e. The van der Waals surface area contributed by atoms with E-state index in [9.17, 15) is 0 Å². The number of nitrogens with zero attached hydrogens (tertiary/aromatic N) is 2. The van der Waals surface area contributed by atoms with E-state index in [-0.39, 0.29) is 0 Å². The highest BCUT2D eigenvalue weighted by Gasteiger charge is 2.27. The molecule has 2 nitrogen and oxygen atoms in total. The number of amidine groups is 1. The minimum absolute atomic E-state index is 0.368. The summed E-state index contributed by atoms with van der Waals surface area (Å²) in [6.07, 6.45) is 2.11. The minimum atomic E-state index is 0.368. The molecule has 0 radical (unpaired) electrons. The summed E-state index contributed by atoms with van der Waals surface area (Å²) in [4.78, 5) is 8.23. The summed E-state index contributed by atoms with van der Waals surface area (Å²) >= 11 is 3.51. The van der Waals surface area contributed by atoms with Gasteiger partial charge in [0.05, 0.1) is 6.54 Å². The lowest BCUT2D eigenvalue weighted by Crippen LogP contribution is -2.15. The maximum atomic E-state index is 4.65. The number of fused-ring (bicyclic) bond motifs is 1. The van der Waals surface area contributed by atoms with Crippen LogP contribution in [0.2, 0.25) is 0 Å². The molecule has 0 spiro atoms. The Labute approximate surface area is 85.0 Å². The highest BCUT2D eigenvalue weighted by molar-refractivity contribution is 8.16. The van der Waals surface area contributed by atoms with Crippen molar-refractivity contribution in [3.05, 3.63) is 34.0 Å². The number of thiophene rings is 1. The van der Waals surface area contributed by atoms with Crippen molar-refractivity contribution in [1.29, 1.82) is 0 Å². The van der Waals surface area contributed by atoms with Gasteiger partial charge in [0, 0.05) is 11.1 Å². The minimum Gasteiger partial charge on any atom is -0.325 e. The molecule has 3 rings (SSSR count). The van der Waals surface area contributed by atoms with Gasteiger partial charge >= 0.3 is 0 Å². The van der Waals surface area contributed by atoms with Gasteiger partial charge in [0.1, 0.15) is 6.04 Å². The standard InChI is InChI=1S/C9H8N2S2/c1-2-8(12-4-1)7-6-11-3-5-13-9(11)10-7/h1-5,7H,6H2. The van der Waals surface area contributed by atoms with E-state index in [0.29, 0.717) is 6.04 Å². The van der Waals surface area contributed by atoms with E-state index in [4.69, 9.17) is 0 Å². The molecule has 66 valence electrons. The highest BCUT2D eigenvalue weighted by Crippen LogP contribution is 2.34. The predicted molar refractivity (Wildman–Crippen MR) is 57.9 cm³/mol. The number of thioether (sulfide) groups is 1. The molecule has 0 aliphatic carbocycles. The highest BCUT2D eigenvalue weighted by atomic mass is 32.2. The van der Waals surface area contributed by atoms with Crippen molar-refractivity contribution >= 4 is 28.3 Å². The molecule has 0 N–H and O–H groups in total. The zero-order chi connectivity index (χ0) is 8.67. The lowest BCUT2D eigenvalue weighted by molar-refractivity contribution is 0.562. The van der Waals surface area contributed by atoms with Gasteiger partial charge in [0.25, 0.3) is 0 Å². The van der Waals surface area contributed by atoms with Crippen LogP contribution in [0.15, 0.2) is 34.1 Å².